The Morgan fingerprint density at radius 3 is 2.70 bits per heavy atom. The largest absolute Gasteiger partial charge is 0.394 e. The number of fused-ring (bicyclic) bond motifs is 1. The number of nitrogens with one attached hydrogen (secondary N) is 2. The number of aromatic nitrogens is 4. The van der Waals surface area contributed by atoms with Gasteiger partial charge in [0.25, 0.3) is 5.56 Å². The van der Waals surface area contributed by atoms with Crippen molar-refractivity contribution in [1.29, 1.82) is 0 Å². The van der Waals surface area contributed by atoms with Crippen LogP contribution >= 0.6 is 0 Å². The molecule has 4 atom stereocenters. The molecule has 0 bridgehead atoms. The molecule has 1 aromatic carbocycles. The number of hydrogen-bond acceptors (Lipinski definition) is 8. The number of H-pyrrole nitrogens is 1. The fourth-order valence-corrected chi connectivity index (χ4v) is 3.09. The number of aliphatic hydroxyl groups excluding tert-OH is 3. The maximum absolute atomic E-state index is 12.3. The lowest BCUT2D eigenvalue weighted by Crippen LogP contribution is -2.33. The quantitative estimate of drug-likeness (QED) is 0.396. The summed E-state index contributed by atoms with van der Waals surface area (Å²) in [5.41, 5.74) is 0.848. The van der Waals surface area contributed by atoms with E-state index < -0.39 is 36.7 Å². The maximum Gasteiger partial charge on any atom is 0.280 e. The lowest BCUT2D eigenvalue weighted by molar-refractivity contribution is -0.0511. The molecule has 5 N–H and O–H groups in total. The van der Waals surface area contributed by atoms with Crippen molar-refractivity contribution in [2.45, 2.75) is 31.1 Å². The second kappa shape index (κ2) is 7.08. The number of aromatic amines is 1. The molecule has 0 aliphatic carbocycles. The highest BCUT2D eigenvalue weighted by Gasteiger charge is 2.44. The molecule has 2 aromatic heterocycles. The highest BCUT2D eigenvalue weighted by Crippen LogP contribution is 2.30. The molecule has 1 saturated heterocycles. The lowest BCUT2D eigenvalue weighted by Gasteiger charge is -2.16. The van der Waals surface area contributed by atoms with E-state index in [4.69, 9.17) is 4.74 Å². The van der Waals surface area contributed by atoms with Crippen LogP contribution in [-0.4, -0.2) is 59.8 Å². The van der Waals surface area contributed by atoms with Crippen LogP contribution in [0.15, 0.2) is 41.5 Å². The van der Waals surface area contributed by atoms with Gasteiger partial charge in [-0.1, -0.05) is 30.3 Å². The minimum absolute atomic E-state index is 0.0815. The standard InChI is InChI=1S/C17H19N5O5/c23-7-10-12(24)13(25)16(27-10)22-8-19-11-14(22)20-17(21-15(11)26)18-6-9-4-2-1-3-5-9/h1-5,8,10,12-13,16,23-25H,6-7H2,(H2,18,20,21,26)/t10-,12?,13?,16-/m1/s1. The predicted octanol–water partition coefficient (Wildman–Crippen LogP) is -0.657. The van der Waals surface area contributed by atoms with Crippen LogP contribution in [0.2, 0.25) is 0 Å². The van der Waals surface area contributed by atoms with E-state index in [9.17, 15) is 20.1 Å². The Hall–Kier alpha value is -2.79. The Labute approximate surface area is 153 Å². The number of ether oxygens (including phenoxy) is 1. The Bertz CT molecular complexity index is 988. The summed E-state index contributed by atoms with van der Waals surface area (Å²) in [4.78, 5) is 23.3. The first-order valence-electron chi connectivity index (χ1n) is 8.45. The molecular weight excluding hydrogens is 354 g/mol. The van der Waals surface area contributed by atoms with Crippen molar-refractivity contribution in [3.63, 3.8) is 0 Å². The van der Waals surface area contributed by atoms with E-state index in [0.29, 0.717) is 6.54 Å². The molecule has 4 rings (SSSR count). The van der Waals surface area contributed by atoms with Crippen molar-refractivity contribution < 1.29 is 20.1 Å². The van der Waals surface area contributed by atoms with Crippen LogP contribution in [0.1, 0.15) is 11.8 Å². The van der Waals surface area contributed by atoms with E-state index in [-0.39, 0.29) is 17.1 Å². The topological polar surface area (TPSA) is 146 Å². The Balaban J connectivity index is 1.65. The summed E-state index contributed by atoms with van der Waals surface area (Å²) in [5.74, 6) is 0.241. The van der Waals surface area contributed by atoms with Gasteiger partial charge in [0.2, 0.25) is 5.95 Å². The van der Waals surface area contributed by atoms with Gasteiger partial charge in [0.05, 0.1) is 12.9 Å². The first kappa shape index (κ1) is 17.6. The van der Waals surface area contributed by atoms with Gasteiger partial charge in [0.15, 0.2) is 17.4 Å². The number of rotatable bonds is 5. The van der Waals surface area contributed by atoms with Crippen LogP contribution in [0, 0.1) is 0 Å². The van der Waals surface area contributed by atoms with Gasteiger partial charge in [-0.2, -0.15) is 4.98 Å². The van der Waals surface area contributed by atoms with E-state index in [1.807, 2.05) is 30.3 Å². The van der Waals surface area contributed by atoms with E-state index >= 15 is 0 Å². The highest BCUT2D eigenvalue weighted by atomic mass is 16.6. The van der Waals surface area contributed by atoms with Crippen LogP contribution in [0.3, 0.4) is 0 Å². The monoisotopic (exact) mass is 373 g/mol. The summed E-state index contributed by atoms with van der Waals surface area (Å²) in [6, 6.07) is 9.61. The van der Waals surface area contributed by atoms with E-state index in [1.165, 1.54) is 10.9 Å². The SMILES string of the molecule is O=c1[nH]c(NCc2ccccc2)nc2c1ncn2[C@@H]1O[C@H](CO)C(O)C1O. The van der Waals surface area contributed by atoms with Gasteiger partial charge in [-0.3, -0.25) is 14.3 Å². The van der Waals surface area contributed by atoms with Gasteiger partial charge in [-0.05, 0) is 5.56 Å². The van der Waals surface area contributed by atoms with Crippen molar-refractivity contribution in [1.82, 2.24) is 19.5 Å². The second-order valence-electron chi connectivity index (χ2n) is 6.31. The third-order valence-electron chi connectivity index (χ3n) is 4.53. The summed E-state index contributed by atoms with van der Waals surface area (Å²) in [6.45, 7) is 0.0104. The fraction of sp³-hybridized carbons (Fsp3) is 0.353. The molecule has 0 saturated carbocycles. The van der Waals surface area contributed by atoms with Gasteiger partial charge < -0.3 is 25.4 Å². The zero-order valence-electron chi connectivity index (χ0n) is 14.2. The molecule has 3 aromatic rings. The van der Waals surface area contributed by atoms with Crippen LogP contribution in [0.25, 0.3) is 11.2 Å². The zero-order chi connectivity index (χ0) is 19.0. The predicted molar refractivity (Wildman–Crippen MR) is 94.9 cm³/mol. The average molecular weight is 373 g/mol. The molecule has 10 nitrogen and oxygen atoms in total. The highest BCUT2D eigenvalue weighted by molar-refractivity contribution is 5.71. The third kappa shape index (κ3) is 3.19. The number of hydrogen-bond donors (Lipinski definition) is 5. The van der Waals surface area contributed by atoms with Crippen LogP contribution in [0.5, 0.6) is 0 Å². The van der Waals surface area contributed by atoms with Gasteiger partial charge in [0.1, 0.15) is 18.3 Å². The van der Waals surface area contributed by atoms with Gasteiger partial charge in [-0.25, -0.2) is 4.98 Å². The van der Waals surface area contributed by atoms with Gasteiger partial charge >= 0.3 is 0 Å². The summed E-state index contributed by atoms with van der Waals surface area (Å²) in [7, 11) is 0. The Kier molecular flexibility index (Phi) is 4.62. The van der Waals surface area contributed by atoms with E-state index in [0.717, 1.165) is 5.56 Å². The third-order valence-corrected chi connectivity index (χ3v) is 4.53. The first-order chi connectivity index (χ1) is 13.1. The smallest absolute Gasteiger partial charge is 0.280 e. The normalized spacial score (nSPS) is 25.1. The summed E-state index contributed by atoms with van der Waals surface area (Å²) in [6.07, 6.45) is -3.18. The molecule has 142 valence electrons. The number of aliphatic hydroxyl groups is 3. The van der Waals surface area contributed by atoms with Crippen LogP contribution in [0.4, 0.5) is 5.95 Å². The summed E-state index contributed by atoms with van der Waals surface area (Å²) < 4.78 is 6.87. The number of imidazole rings is 1. The van der Waals surface area contributed by atoms with Crippen molar-refractivity contribution in [2.24, 2.45) is 0 Å². The van der Waals surface area contributed by atoms with Gasteiger partial charge in [0, 0.05) is 6.54 Å². The molecule has 0 radical (unpaired) electrons. The molecule has 1 aliphatic rings. The first-order valence-corrected chi connectivity index (χ1v) is 8.45. The van der Waals surface area contributed by atoms with Crippen molar-refractivity contribution in [3.05, 3.63) is 52.6 Å². The maximum atomic E-state index is 12.3. The summed E-state index contributed by atoms with van der Waals surface area (Å²) >= 11 is 0. The molecule has 0 amide bonds. The lowest BCUT2D eigenvalue weighted by atomic mass is 10.1. The van der Waals surface area contributed by atoms with Gasteiger partial charge in [-0.15, -0.1) is 0 Å². The average Bonchev–Trinajstić information content (AvgIpc) is 3.23. The minimum Gasteiger partial charge on any atom is -0.394 e. The van der Waals surface area contributed by atoms with Crippen molar-refractivity contribution >= 4 is 17.1 Å². The summed E-state index contributed by atoms with van der Waals surface area (Å²) in [5, 5.41) is 32.5. The Morgan fingerprint density at radius 1 is 1.22 bits per heavy atom. The van der Waals surface area contributed by atoms with E-state index in [1.54, 1.807) is 0 Å². The van der Waals surface area contributed by atoms with E-state index in [2.05, 4.69) is 20.3 Å². The molecule has 1 fully saturated rings. The fourth-order valence-electron chi connectivity index (χ4n) is 3.09. The molecule has 0 spiro atoms. The molecule has 10 heteroatoms. The molecular formula is C17H19N5O5. The van der Waals surface area contributed by atoms with Crippen LogP contribution < -0.4 is 10.9 Å². The van der Waals surface area contributed by atoms with Crippen molar-refractivity contribution in [3.8, 4) is 0 Å². The van der Waals surface area contributed by atoms with Crippen molar-refractivity contribution in [2.75, 3.05) is 11.9 Å². The number of anilines is 1. The molecule has 3 heterocycles. The minimum atomic E-state index is -1.29. The Morgan fingerprint density at radius 2 is 2.00 bits per heavy atom. The van der Waals surface area contributed by atoms with Crippen LogP contribution in [-0.2, 0) is 11.3 Å². The number of benzene rings is 1. The molecule has 27 heavy (non-hydrogen) atoms. The zero-order valence-corrected chi connectivity index (χ0v) is 14.2. The number of nitrogens with zero attached hydrogens (tertiary/aromatic N) is 3. The molecule has 2 unspecified atom stereocenters. The second-order valence-corrected chi connectivity index (χ2v) is 6.31. The molecule has 1 aliphatic heterocycles.